The van der Waals surface area contributed by atoms with E-state index in [1.807, 2.05) is 13.1 Å². The Balaban J connectivity index is 1.93. The van der Waals surface area contributed by atoms with Gasteiger partial charge in [-0.3, -0.25) is 9.89 Å². The smallest absolute Gasteiger partial charge is 0.191 e. The fourth-order valence-corrected chi connectivity index (χ4v) is 3.66. The minimum absolute atomic E-state index is 0.318. The fourth-order valence-electron chi connectivity index (χ4n) is 3.66. The van der Waals surface area contributed by atoms with Gasteiger partial charge in [-0.2, -0.15) is 0 Å². The van der Waals surface area contributed by atoms with Crippen LogP contribution in [0.1, 0.15) is 44.7 Å². The molecule has 1 aliphatic heterocycles. The van der Waals surface area contributed by atoms with Crippen molar-refractivity contribution in [1.82, 2.24) is 20.4 Å². The molecule has 158 valence electrons. The van der Waals surface area contributed by atoms with Crippen molar-refractivity contribution in [3.05, 3.63) is 29.8 Å². The third-order valence-electron chi connectivity index (χ3n) is 5.85. The average molecular weight is 390 g/mol. The van der Waals surface area contributed by atoms with Gasteiger partial charge in [0.05, 0.1) is 13.2 Å². The molecule has 1 saturated heterocycles. The van der Waals surface area contributed by atoms with Crippen LogP contribution in [0.2, 0.25) is 0 Å². The number of guanidine groups is 1. The van der Waals surface area contributed by atoms with Gasteiger partial charge >= 0.3 is 0 Å². The first-order valence-corrected chi connectivity index (χ1v) is 10.6. The largest absolute Gasteiger partial charge is 0.497 e. The SMILES string of the molecule is CCC(C)N(C)CCNC(=NC)NCC(c1cccc(OC)c1)N1CCCC1. The summed E-state index contributed by atoms with van der Waals surface area (Å²) >= 11 is 0. The zero-order valence-electron chi connectivity index (χ0n) is 18.4. The molecule has 0 saturated carbocycles. The molecule has 0 bridgehead atoms. The topological polar surface area (TPSA) is 52.1 Å². The van der Waals surface area contributed by atoms with E-state index in [-0.39, 0.29) is 0 Å². The number of ether oxygens (including phenoxy) is 1. The molecule has 6 nitrogen and oxygen atoms in total. The second-order valence-electron chi connectivity index (χ2n) is 7.65. The molecule has 1 heterocycles. The molecular formula is C22H39N5O. The molecule has 0 amide bonds. The Morgan fingerprint density at radius 1 is 1.29 bits per heavy atom. The van der Waals surface area contributed by atoms with Gasteiger partial charge in [0.1, 0.15) is 5.75 Å². The highest BCUT2D eigenvalue weighted by atomic mass is 16.5. The lowest BCUT2D eigenvalue weighted by Crippen LogP contribution is -2.45. The van der Waals surface area contributed by atoms with Crippen LogP contribution in [0, 0.1) is 0 Å². The number of benzene rings is 1. The van der Waals surface area contributed by atoms with Gasteiger partial charge in [0.2, 0.25) is 0 Å². The Kier molecular flexibility index (Phi) is 9.58. The lowest BCUT2D eigenvalue weighted by Gasteiger charge is -2.29. The molecule has 0 spiro atoms. The van der Waals surface area contributed by atoms with Crippen LogP contribution in [-0.2, 0) is 0 Å². The predicted molar refractivity (Wildman–Crippen MR) is 118 cm³/mol. The van der Waals surface area contributed by atoms with Crippen molar-refractivity contribution >= 4 is 5.96 Å². The summed E-state index contributed by atoms with van der Waals surface area (Å²) in [7, 11) is 5.74. The zero-order chi connectivity index (χ0) is 20.4. The highest BCUT2D eigenvalue weighted by Crippen LogP contribution is 2.27. The van der Waals surface area contributed by atoms with E-state index in [0.717, 1.165) is 44.4 Å². The van der Waals surface area contributed by atoms with Crippen LogP contribution in [0.25, 0.3) is 0 Å². The van der Waals surface area contributed by atoms with E-state index in [1.54, 1.807) is 7.11 Å². The van der Waals surface area contributed by atoms with Crippen molar-refractivity contribution in [3.8, 4) is 5.75 Å². The van der Waals surface area contributed by atoms with Gasteiger partial charge in [-0.15, -0.1) is 0 Å². The maximum absolute atomic E-state index is 5.44. The Bertz CT molecular complexity index is 600. The molecule has 1 aromatic rings. The van der Waals surface area contributed by atoms with Gasteiger partial charge in [-0.25, -0.2) is 0 Å². The van der Waals surface area contributed by atoms with E-state index in [1.165, 1.54) is 24.8 Å². The summed E-state index contributed by atoms with van der Waals surface area (Å²) in [5.74, 6) is 1.78. The van der Waals surface area contributed by atoms with E-state index in [9.17, 15) is 0 Å². The lowest BCUT2D eigenvalue weighted by molar-refractivity contribution is 0.244. The van der Waals surface area contributed by atoms with Gasteiger partial charge in [-0.05, 0) is 64.0 Å². The van der Waals surface area contributed by atoms with E-state index in [0.29, 0.717) is 12.1 Å². The molecule has 0 aliphatic carbocycles. The Labute approximate surface area is 171 Å². The second-order valence-corrected chi connectivity index (χ2v) is 7.65. The van der Waals surface area contributed by atoms with Crippen LogP contribution in [-0.4, -0.2) is 75.7 Å². The standard InChI is InChI=1S/C22H39N5O/c1-6-18(2)26(4)15-12-24-22(23-3)25-17-21(27-13-7-8-14-27)19-10-9-11-20(16-19)28-5/h9-11,16,18,21H,6-8,12-15,17H2,1-5H3,(H2,23,24,25). The number of aliphatic imine (C=N–C) groups is 1. The van der Waals surface area contributed by atoms with Gasteiger partial charge in [-0.1, -0.05) is 19.1 Å². The molecule has 2 atom stereocenters. The second kappa shape index (κ2) is 11.9. The molecular weight excluding hydrogens is 350 g/mol. The Morgan fingerprint density at radius 2 is 2.04 bits per heavy atom. The number of nitrogens with zero attached hydrogens (tertiary/aromatic N) is 3. The number of hydrogen-bond donors (Lipinski definition) is 2. The van der Waals surface area contributed by atoms with Gasteiger partial charge in [0.15, 0.2) is 5.96 Å². The van der Waals surface area contributed by atoms with Gasteiger partial charge in [0, 0.05) is 32.7 Å². The van der Waals surface area contributed by atoms with Crippen LogP contribution < -0.4 is 15.4 Å². The normalized spacial score (nSPS) is 17.6. The summed E-state index contributed by atoms with van der Waals surface area (Å²) in [5, 5.41) is 6.99. The highest BCUT2D eigenvalue weighted by Gasteiger charge is 2.24. The lowest BCUT2D eigenvalue weighted by atomic mass is 10.1. The van der Waals surface area contributed by atoms with E-state index in [4.69, 9.17) is 4.74 Å². The minimum Gasteiger partial charge on any atom is -0.497 e. The first kappa shape index (κ1) is 22.5. The van der Waals surface area contributed by atoms with E-state index >= 15 is 0 Å². The molecule has 2 N–H and O–H groups in total. The molecule has 1 aromatic carbocycles. The monoisotopic (exact) mass is 389 g/mol. The van der Waals surface area contributed by atoms with Crippen molar-refractivity contribution in [3.63, 3.8) is 0 Å². The summed E-state index contributed by atoms with van der Waals surface area (Å²) in [5.41, 5.74) is 1.29. The molecule has 6 heteroatoms. The summed E-state index contributed by atoms with van der Waals surface area (Å²) < 4.78 is 5.44. The number of rotatable bonds is 10. The molecule has 1 aliphatic rings. The Hall–Kier alpha value is -1.79. The predicted octanol–water partition coefficient (Wildman–Crippen LogP) is 2.73. The van der Waals surface area contributed by atoms with Crippen LogP contribution in [0.4, 0.5) is 0 Å². The summed E-state index contributed by atoms with van der Waals surface area (Å²) in [6, 6.07) is 9.36. The maximum atomic E-state index is 5.44. The first-order valence-electron chi connectivity index (χ1n) is 10.6. The van der Waals surface area contributed by atoms with Gasteiger partial charge in [0.25, 0.3) is 0 Å². The molecule has 2 rings (SSSR count). The van der Waals surface area contributed by atoms with E-state index < -0.39 is 0 Å². The number of hydrogen-bond acceptors (Lipinski definition) is 4. The maximum Gasteiger partial charge on any atom is 0.191 e. The quantitative estimate of drug-likeness (QED) is 0.476. The number of likely N-dealkylation sites (tertiary alicyclic amines) is 1. The molecule has 2 unspecified atom stereocenters. The van der Waals surface area contributed by atoms with Crippen molar-refractivity contribution in [2.75, 3.05) is 53.9 Å². The number of methoxy groups -OCH3 is 1. The summed E-state index contributed by atoms with van der Waals surface area (Å²) in [4.78, 5) is 9.35. The van der Waals surface area contributed by atoms with Crippen molar-refractivity contribution in [2.24, 2.45) is 4.99 Å². The fraction of sp³-hybridized carbons (Fsp3) is 0.682. The third-order valence-corrected chi connectivity index (χ3v) is 5.85. The van der Waals surface area contributed by atoms with E-state index in [2.05, 4.69) is 64.5 Å². The highest BCUT2D eigenvalue weighted by molar-refractivity contribution is 5.79. The molecule has 0 radical (unpaired) electrons. The molecule has 28 heavy (non-hydrogen) atoms. The number of likely N-dealkylation sites (N-methyl/N-ethyl adjacent to an activating group) is 1. The van der Waals surface area contributed by atoms with Crippen LogP contribution in [0.5, 0.6) is 5.75 Å². The molecule has 1 fully saturated rings. The molecule has 0 aromatic heterocycles. The zero-order valence-corrected chi connectivity index (χ0v) is 18.4. The van der Waals surface area contributed by atoms with Gasteiger partial charge < -0.3 is 20.3 Å². The summed E-state index contributed by atoms with van der Waals surface area (Å²) in [6.45, 7) is 9.50. The van der Waals surface area contributed by atoms with Crippen molar-refractivity contribution < 1.29 is 4.74 Å². The summed E-state index contributed by atoms with van der Waals surface area (Å²) in [6.07, 6.45) is 3.71. The van der Waals surface area contributed by atoms with Crippen LogP contribution in [0.15, 0.2) is 29.3 Å². The van der Waals surface area contributed by atoms with Crippen LogP contribution >= 0.6 is 0 Å². The third kappa shape index (κ3) is 6.67. The average Bonchev–Trinajstić information content (AvgIpc) is 3.26. The van der Waals surface area contributed by atoms with Crippen molar-refractivity contribution in [2.45, 2.75) is 45.2 Å². The Morgan fingerprint density at radius 3 is 2.68 bits per heavy atom. The van der Waals surface area contributed by atoms with Crippen molar-refractivity contribution in [1.29, 1.82) is 0 Å². The number of nitrogens with one attached hydrogen (secondary N) is 2. The first-order chi connectivity index (χ1) is 13.6. The van der Waals surface area contributed by atoms with Crippen LogP contribution in [0.3, 0.4) is 0 Å². The minimum atomic E-state index is 0.318.